The lowest BCUT2D eigenvalue weighted by Gasteiger charge is -2.23. The molecule has 0 aliphatic carbocycles. The highest BCUT2D eigenvalue weighted by atomic mass is 32.2. The smallest absolute Gasteiger partial charge is 0.333 e. The van der Waals surface area contributed by atoms with Crippen molar-refractivity contribution in [2.24, 2.45) is 5.92 Å². The summed E-state index contributed by atoms with van der Waals surface area (Å²) in [5.41, 5.74) is -0.726. The van der Waals surface area contributed by atoms with Gasteiger partial charge in [-0.15, -0.1) is 0 Å². The van der Waals surface area contributed by atoms with Gasteiger partial charge in [0.05, 0.1) is 11.5 Å². The number of nitrogens with one attached hydrogen (secondary N) is 1. The first-order chi connectivity index (χ1) is 13.1. The molecule has 3 heterocycles. The van der Waals surface area contributed by atoms with Crippen molar-refractivity contribution in [3.8, 4) is 0 Å². The quantitative estimate of drug-likeness (QED) is 0.780. The molecule has 2 aromatic rings. The second-order valence-corrected chi connectivity index (χ2v) is 9.04. The number of hydrogen-bond acceptors (Lipinski definition) is 5. The number of H-pyrrole nitrogens is 1. The minimum Gasteiger partial charge on any atom is -0.333 e. The number of sulfone groups is 1. The van der Waals surface area contributed by atoms with Crippen molar-refractivity contribution in [1.82, 2.24) is 20.1 Å². The monoisotopic (exact) mass is 416 g/mol. The van der Waals surface area contributed by atoms with E-state index < -0.39 is 27.6 Å². The molecule has 0 aromatic carbocycles. The summed E-state index contributed by atoms with van der Waals surface area (Å²) in [5, 5.41) is 5.34. The fraction of sp³-hybridized carbons (Fsp3) is 0.471. The van der Waals surface area contributed by atoms with Gasteiger partial charge in [0, 0.05) is 31.5 Å². The maximum absolute atomic E-state index is 12.8. The van der Waals surface area contributed by atoms with Gasteiger partial charge in [0.2, 0.25) is 0 Å². The lowest BCUT2D eigenvalue weighted by atomic mass is 10.0. The molecule has 11 heteroatoms. The second-order valence-electron chi connectivity index (χ2n) is 6.81. The minimum absolute atomic E-state index is 0.0703. The second kappa shape index (κ2) is 7.90. The summed E-state index contributed by atoms with van der Waals surface area (Å²) in [5.74, 6) is -0.527. The number of rotatable bonds is 6. The van der Waals surface area contributed by atoms with Crippen LogP contribution in [0.2, 0.25) is 0 Å². The van der Waals surface area contributed by atoms with Crippen LogP contribution in [-0.2, 0) is 22.6 Å². The number of hydrogen-bond donors (Lipinski definition) is 1. The van der Waals surface area contributed by atoms with E-state index in [2.05, 4.69) is 10.1 Å². The largest absolute Gasteiger partial charge is 0.432 e. The summed E-state index contributed by atoms with van der Waals surface area (Å²) in [6.45, 7) is 0.350. The Morgan fingerprint density at radius 3 is 2.71 bits per heavy atom. The van der Waals surface area contributed by atoms with Crippen molar-refractivity contribution < 1.29 is 26.4 Å². The predicted molar refractivity (Wildman–Crippen MR) is 93.9 cm³/mol. The van der Waals surface area contributed by atoms with Gasteiger partial charge >= 0.3 is 6.18 Å². The van der Waals surface area contributed by atoms with Gasteiger partial charge in [0.25, 0.3) is 5.91 Å². The van der Waals surface area contributed by atoms with Gasteiger partial charge in [-0.25, -0.2) is 8.42 Å². The Bertz CT molecular complexity index is 929. The van der Waals surface area contributed by atoms with Crippen LogP contribution in [0, 0.1) is 5.92 Å². The molecule has 0 bridgehead atoms. The first-order valence-electron chi connectivity index (χ1n) is 8.65. The molecule has 1 fully saturated rings. The summed E-state index contributed by atoms with van der Waals surface area (Å²) < 4.78 is 61.6. The van der Waals surface area contributed by atoms with E-state index in [1.54, 1.807) is 24.5 Å². The van der Waals surface area contributed by atoms with E-state index in [9.17, 15) is 26.4 Å². The third-order valence-electron chi connectivity index (χ3n) is 4.62. The Labute approximate surface area is 159 Å². The lowest BCUT2D eigenvalue weighted by Crippen LogP contribution is -2.33. The van der Waals surface area contributed by atoms with Gasteiger partial charge < -0.3 is 4.90 Å². The number of halogens is 3. The van der Waals surface area contributed by atoms with Crippen molar-refractivity contribution in [2.75, 3.05) is 18.1 Å². The number of carbonyl (C=O) groups is 1. The number of amides is 1. The van der Waals surface area contributed by atoms with E-state index in [0.29, 0.717) is 24.5 Å². The van der Waals surface area contributed by atoms with Crippen LogP contribution in [0.4, 0.5) is 13.2 Å². The normalized spacial score (nSPS) is 18.9. The highest BCUT2D eigenvalue weighted by molar-refractivity contribution is 7.91. The third-order valence-corrected chi connectivity index (χ3v) is 6.46. The zero-order valence-electron chi connectivity index (χ0n) is 14.8. The Morgan fingerprint density at radius 1 is 1.36 bits per heavy atom. The number of aromatic amines is 1. The van der Waals surface area contributed by atoms with Crippen molar-refractivity contribution in [3.63, 3.8) is 0 Å². The molecule has 1 amide bonds. The third kappa shape index (κ3) is 5.09. The van der Waals surface area contributed by atoms with Crippen molar-refractivity contribution >= 4 is 15.7 Å². The van der Waals surface area contributed by atoms with Crippen molar-refractivity contribution in [1.29, 1.82) is 0 Å². The van der Waals surface area contributed by atoms with Gasteiger partial charge in [-0.2, -0.15) is 18.3 Å². The summed E-state index contributed by atoms with van der Waals surface area (Å²) in [7, 11) is -3.04. The van der Waals surface area contributed by atoms with Crippen LogP contribution in [0.25, 0.3) is 0 Å². The summed E-state index contributed by atoms with van der Waals surface area (Å²) in [6, 6.07) is 4.12. The van der Waals surface area contributed by atoms with Crippen LogP contribution in [0.3, 0.4) is 0 Å². The van der Waals surface area contributed by atoms with Crippen LogP contribution in [0.15, 0.2) is 30.6 Å². The van der Waals surface area contributed by atoms with E-state index in [4.69, 9.17) is 0 Å². The number of aromatic nitrogens is 3. The summed E-state index contributed by atoms with van der Waals surface area (Å²) in [4.78, 5) is 18.1. The van der Waals surface area contributed by atoms with Gasteiger partial charge in [-0.05, 0) is 30.4 Å². The molecule has 152 valence electrons. The molecule has 1 unspecified atom stereocenters. The molecule has 2 aromatic heterocycles. The van der Waals surface area contributed by atoms with Crippen molar-refractivity contribution in [3.05, 3.63) is 47.5 Å². The van der Waals surface area contributed by atoms with E-state index in [1.807, 2.05) is 5.10 Å². The SMILES string of the molecule is O=C(c1cc(C(F)(F)F)[nH]n1)N(CCC1CCS(=O)(=O)C1)Cc1cccnc1. The highest BCUT2D eigenvalue weighted by Crippen LogP contribution is 2.28. The Hall–Kier alpha value is -2.43. The molecule has 7 nitrogen and oxygen atoms in total. The number of alkyl halides is 3. The average molecular weight is 416 g/mol. The van der Waals surface area contributed by atoms with Crippen molar-refractivity contribution in [2.45, 2.75) is 25.6 Å². The number of nitrogens with zero attached hydrogens (tertiary/aromatic N) is 3. The molecule has 0 saturated carbocycles. The van der Waals surface area contributed by atoms with Crippen LogP contribution < -0.4 is 0 Å². The summed E-state index contributed by atoms with van der Waals surface area (Å²) in [6.07, 6.45) is -0.522. The van der Waals surface area contributed by atoms with Crippen LogP contribution >= 0.6 is 0 Å². The zero-order chi connectivity index (χ0) is 20.4. The zero-order valence-corrected chi connectivity index (χ0v) is 15.6. The van der Waals surface area contributed by atoms with E-state index in [1.165, 1.54) is 4.90 Å². The Morgan fingerprint density at radius 2 is 2.14 bits per heavy atom. The van der Waals surface area contributed by atoms with E-state index >= 15 is 0 Å². The summed E-state index contributed by atoms with van der Waals surface area (Å²) >= 11 is 0. The predicted octanol–water partition coefficient (Wildman–Crippen LogP) is 2.29. The van der Waals surface area contributed by atoms with Gasteiger partial charge in [-0.1, -0.05) is 6.07 Å². The molecule has 1 aliphatic rings. The molecule has 1 aliphatic heterocycles. The number of carbonyl (C=O) groups excluding carboxylic acids is 1. The van der Waals surface area contributed by atoms with Gasteiger partial charge in [-0.3, -0.25) is 14.9 Å². The molecular weight excluding hydrogens is 397 g/mol. The van der Waals surface area contributed by atoms with Crippen LogP contribution in [0.5, 0.6) is 0 Å². The minimum atomic E-state index is -4.63. The Balaban J connectivity index is 1.75. The first-order valence-corrected chi connectivity index (χ1v) is 10.5. The first kappa shape index (κ1) is 20.3. The molecule has 28 heavy (non-hydrogen) atoms. The Kier molecular flexibility index (Phi) is 5.73. The lowest BCUT2D eigenvalue weighted by molar-refractivity contribution is -0.141. The molecule has 0 radical (unpaired) electrons. The van der Waals surface area contributed by atoms with Crippen LogP contribution in [0.1, 0.15) is 34.6 Å². The van der Waals surface area contributed by atoms with Gasteiger partial charge in [0.15, 0.2) is 15.5 Å². The van der Waals surface area contributed by atoms with Gasteiger partial charge in [0.1, 0.15) is 5.69 Å². The average Bonchev–Trinajstić information content (AvgIpc) is 3.25. The fourth-order valence-electron chi connectivity index (χ4n) is 3.14. The topological polar surface area (TPSA) is 96.0 Å². The maximum Gasteiger partial charge on any atom is 0.432 e. The standard InChI is InChI=1S/C17H19F3N4O3S/c18-17(19,20)15-8-14(22-23-15)16(25)24(10-13-2-1-5-21-9-13)6-3-12-4-7-28(26,27)11-12/h1-2,5,8-9,12H,3-4,6-7,10-11H2,(H,22,23). The molecule has 1 atom stereocenters. The molecule has 3 rings (SSSR count). The fourth-order valence-corrected chi connectivity index (χ4v) is 5.05. The molecule has 0 spiro atoms. The molecule has 1 saturated heterocycles. The molecular formula is C17H19F3N4O3S. The number of pyridine rings is 1. The maximum atomic E-state index is 12.8. The molecule has 1 N–H and O–H groups in total. The van der Waals surface area contributed by atoms with Crippen LogP contribution in [-0.4, -0.2) is 52.5 Å². The van der Waals surface area contributed by atoms with E-state index in [0.717, 1.165) is 0 Å². The van der Waals surface area contributed by atoms with E-state index in [-0.39, 0.29) is 36.2 Å². The highest BCUT2D eigenvalue weighted by Gasteiger charge is 2.35.